The summed E-state index contributed by atoms with van der Waals surface area (Å²) in [5.41, 5.74) is 2.83. The predicted molar refractivity (Wildman–Crippen MR) is 141 cm³/mol. The first kappa shape index (κ1) is 26.9. The average Bonchev–Trinajstić information content (AvgIpc) is 3.46. The van der Waals surface area contributed by atoms with E-state index < -0.39 is 11.9 Å². The van der Waals surface area contributed by atoms with E-state index in [4.69, 9.17) is 35.9 Å². The van der Waals surface area contributed by atoms with Crippen molar-refractivity contribution in [1.82, 2.24) is 9.55 Å². The van der Waals surface area contributed by atoms with Crippen LogP contribution >= 0.6 is 23.4 Å². The van der Waals surface area contributed by atoms with E-state index in [0.717, 1.165) is 28.3 Å². The molecule has 1 aliphatic heterocycles. The van der Waals surface area contributed by atoms with Gasteiger partial charge in [-0.05, 0) is 49.1 Å². The molecule has 0 fully saturated rings. The first-order chi connectivity index (χ1) is 17.9. The Kier molecular flexibility index (Phi) is 9.00. The Morgan fingerprint density at radius 2 is 1.86 bits per heavy atom. The van der Waals surface area contributed by atoms with E-state index in [1.807, 2.05) is 34.9 Å². The molecule has 2 aromatic carbocycles. The van der Waals surface area contributed by atoms with Crippen molar-refractivity contribution in [3.8, 4) is 11.5 Å². The number of carbonyl (C=O) groups is 2. The summed E-state index contributed by atoms with van der Waals surface area (Å²) in [5, 5.41) is 9.41. The van der Waals surface area contributed by atoms with E-state index in [-0.39, 0.29) is 19.8 Å². The van der Waals surface area contributed by atoms with Crippen molar-refractivity contribution in [3.63, 3.8) is 0 Å². The van der Waals surface area contributed by atoms with Gasteiger partial charge >= 0.3 is 11.9 Å². The van der Waals surface area contributed by atoms with Crippen molar-refractivity contribution >= 4 is 35.3 Å². The van der Waals surface area contributed by atoms with E-state index >= 15 is 0 Å². The van der Waals surface area contributed by atoms with E-state index in [1.54, 1.807) is 24.8 Å². The molecule has 4 rings (SSSR count). The maximum absolute atomic E-state index is 13.1. The maximum atomic E-state index is 13.1. The molecule has 10 heteroatoms. The molecule has 0 amide bonds. The monoisotopic (exact) mass is 544 g/mol. The molecular formula is C27H29ClN2O6S. The number of imidazole rings is 1. The van der Waals surface area contributed by atoms with Gasteiger partial charge in [-0.1, -0.05) is 30.7 Å². The van der Waals surface area contributed by atoms with Gasteiger partial charge < -0.3 is 23.9 Å². The number of aryl methyl sites for hydroxylation is 2. The number of esters is 1. The third-order valence-electron chi connectivity index (χ3n) is 5.86. The van der Waals surface area contributed by atoms with Crippen molar-refractivity contribution in [1.29, 1.82) is 0 Å². The van der Waals surface area contributed by atoms with Gasteiger partial charge in [0.1, 0.15) is 5.82 Å². The first-order valence-corrected chi connectivity index (χ1v) is 13.5. The van der Waals surface area contributed by atoms with Gasteiger partial charge in [0, 0.05) is 34.6 Å². The normalized spacial score (nSPS) is 12.1. The highest BCUT2D eigenvalue weighted by Gasteiger charge is 2.26. The molecule has 0 radical (unpaired) electrons. The van der Waals surface area contributed by atoms with Gasteiger partial charge in [0.25, 0.3) is 0 Å². The minimum absolute atomic E-state index is 0.0976. The van der Waals surface area contributed by atoms with Crippen LogP contribution in [-0.4, -0.2) is 40.0 Å². The van der Waals surface area contributed by atoms with Crippen LogP contribution in [0.15, 0.2) is 41.3 Å². The molecule has 1 N–H and O–H groups in total. The Morgan fingerprint density at radius 3 is 2.54 bits per heavy atom. The molecule has 0 atom stereocenters. The molecule has 0 saturated carbocycles. The maximum Gasteiger partial charge on any atom is 0.356 e. The molecule has 196 valence electrons. The molecule has 1 aromatic heterocycles. The SMILES string of the molecule is CCCc1nc(CSc2ccc(CCC(=O)O)cc2)c(C(=O)OCC)n1Cc1cc2c(cc1Cl)OCO2. The Balaban J connectivity index is 1.61. The van der Waals surface area contributed by atoms with Crippen LogP contribution in [0.3, 0.4) is 0 Å². The standard InChI is InChI=1S/C27H29ClN2O6S/c1-3-5-24-29-21(15-37-19-9-6-17(7-10-19)8-11-25(31)32)26(27(33)34-4-2)30(24)14-18-12-22-23(13-20(18)28)36-16-35-22/h6-7,9-10,12-13H,3-5,8,11,14-16H2,1-2H3,(H,31,32). The summed E-state index contributed by atoms with van der Waals surface area (Å²) in [6, 6.07) is 11.4. The molecule has 0 bridgehead atoms. The van der Waals surface area contributed by atoms with Crippen LogP contribution in [-0.2, 0) is 34.7 Å². The molecule has 2 heterocycles. The topological polar surface area (TPSA) is 99.9 Å². The zero-order chi connectivity index (χ0) is 26.4. The molecular weight excluding hydrogens is 516 g/mol. The van der Waals surface area contributed by atoms with Crippen LogP contribution in [0.25, 0.3) is 0 Å². The fourth-order valence-corrected chi connectivity index (χ4v) is 5.12. The quantitative estimate of drug-likeness (QED) is 0.227. The Hall–Kier alpha value is -3.17. The van der Waals surface area contributed by atoms with E-state index in [9.17, 15) is 9.59 Å². The van der Waals surface area contributed by atoms with Gasteiger partial charge in [0.2, 0.25) is 6.79 Å². The lowest BCUT2D eigenvalue weighted by Gasteiger charge is -2.14. The zero-order valence-corrected chi connectivity index (χ0v) is 22.4. The van der Waals surface area contributed by atoms with Crippen LogP contribution in [0.4, 0.5) is 0 Å². The summed E-state index contributed by atoms with van der Waals surface area (Å²) in [6.07, 6.45) is 2.14. The lowest BCUT2D eigenvalue weighted by molar-refractivity contribution is -0.136. The number of nitrogens with zero attached hydrogens (tertiary/aromatic N) is 2. The number of ether oxygens (including phenoxy) is 3. The van der Waals surface area contributed by atoms with Crippen LogP contribution in [0.1, 0.15) is 59.8 Å². The molecule has 1 aliphatic rings. The number of fused-ring (bicyclic) bond motifs is 1. The van der Waals surface area contributed by atoms with Gasteiger partial charge in [-0.2, -0.15) is 0 Å². The third kappa shape index (κ3) is 6.59. The molecule has 8 nitrogen and oxygen atoms in total. The van der Waals surface area contributed by atoms with Crippen LogP contribution in [0, 0.1) is 0 Å². The summed E-state index contributed by atoms with van der Waals surface area (Å²) >= 11 is 8.12. The lowest BCUT2D eigenvalue weighted by atomic mass is 10.1. The number of aromatic nitrogens is 2. The smallest absolute Gasteiger partial charge is 0.356 e. The van der Waals surface area contributed by atoms with E-state index in [0.29, 0.717) is 53.0 Å². The number of rotatable bonds is 12. The fourth-order valence-electron chi connectivity index (χ4n) is 4.07. The average molecular weight is 545 g/mol. The molecule has 0 unspecified atom stereocenters. The van der Waals surface area contributed by atoms with Gasteiger partial charge in [-0.15, -0.1) is 11.8 Å². The first-order valence-electron chi connectivity index (χ1n) is 12.2. The second-order valence-electron chi connectivity index (χ2n) is 8.50. The minimum Gasteiger partial charge on any atom is -0.481 e. The number of carboxylic acid groups (broad SMARTS) is 1. The van der Waals surface area contributed by atoms with Crippen molar-refractivity contribution in [3.05, 3.63) is 69.8 Å². The highest BCUT2D eigenvalue weighted by Crippen LogP contribution is 2.37. The number of carboxylic acids is 1. The third-order valence-corrected chi connectivity index (χ3v) is 7.23. The second kappa shape index (κ2) is 12.4. The van der Waals surface area contributed by atoms with Crippen molar-refractivity contribution < 1.29 is 28.9 Å². The largest absolute Gasteiger partial charge is 0.481 e. The van der Waals surface area contributed by atoms with Crippen molar-refractivity contribution in [2.75, 3.05) is 13.4 Å². The molecule has 0 spiro atoms. The van der Waals surface area contributed by atoms with Crippen LogP contribution in [0.5, 0.6) is 11.5 Å². The molecule has 37 heavy (non-hydrogen) atoms. The summed E-state index contributed by atoms with van der Waals surface area (Å²) in [7, 11) is 0. The number of hydrogen-bond donors (Lipinski definition) is 1. The summed E-state index contributed by atoms with van der Waals surface area (Å²) < 4.78 is 18.3. The Labute approximate surface area is 224 Å². The number of thioether (sulfide) groups is 1. The van der Waals surface area contributed by atoms with Gasteiger partial charge in [0.15, 0.2) is 17.2 Å². The minimum atomic E-state index is -0.814. The summed E-state index contributed by atoms with van der Waals surface area (Å²) in [5.74, 6) is 1.25. The van der Waals surface area contributed by atoms with Gasteiger partial charge in [0.05, 0.1) is 18.8 Å². The molecule has 0 saturated heterocycles. The predicted octanol–water partition coefficient (Wildman–Crippen LogP) is 5.75. The summed E-state index contributed by atoms with van der Waals surface area (Å²) in [4.78, 5) is 29.8. The highest BCUT2D eigenvalue weighted by atomic mass is 35.5. The summed E-state index contributed by atoms with van der Waals surface area (Å²) in [6.45, 7) is 4.59. The molecule has 0 aliphatic carbocycles. The number of aliphatic carboxylic acids is 1. The van der Waals surface area contributed by atoms with Crippen LogP contribution in [0.2, 0.25) is 5.02 Å². The zero-order valence-electron chi connectivity index (χ0n) is 20.8. The van der Waals surface area contributed by atoms with Crippen molar-refractivity contribution in [2.45, 2.75) is 56.7 Å². The highest BCUT2D eigenvalue weighted by molar-refractivity contribution is 7.98. The lowest BCUT2D eigenvalue weighted by Crippen LogP contribution is -2.16. The van der Waals surface area contributed by atoms with E-state index in [1.165, 1.54) is 0 Å². The van der Waals surface area contributed by atoms with Gasteiger partial charge in [-0.25, -0.2) is 9.78 Å². The number of carbonyl (C=O) groups excluding carboxylic acids is 1. The number of benzene rings is 2. The van der Waals surface area contributed by atoms with Crippen molar-refractivity contribution in [2.24, 2.45) is 0 Å². The Morgan fingerprint density at radius 1 is 1.14 bits per heavy atom. The van der Waals surface area contributed by atoms with Gasteiger partial charge in [-0.3, -0.25) is 4.79 Å². The number of halogens is 1. The van der Waals surface area contributed by atoms with E-state index in [2.05, 4.69) is 6.92 Å². The second-order valence-corrected chi connectivity index (χ2v) is 9.96. The van der Waals surface area contributed by atoms with Crippen LogP contribution < -0.4 is 9.47 Å². The fraction of sp³-hybridized carbons (Fsp3) is 0.370. The Bertz CT molecular complexity index is 1270. The number of hydrogen-bond acceptors (Lipinski definition) is 7. The molecule has 3 aromatic rings.